The number of hydrogen-bond acceptors (Lipinski definition) is 2. The molecule has 0 saturated heterocycles. The normalized spacial score (nSPS) is 20.8. The van der Waals surface area contributed by atoms with Gasteiger partial charge in [0.2, 0.25) is 12.8 Å². The average Bonchev–Trinajstić information content (AvgIpc) is 2.70. The van der Waals surface area contributed by atoms with E-state index in [9.17, 15) is 9.59 Å². The molecule has 5 heteroatoms. The van der Waals surface area contributed by atoms with Gasteiger partial charge in [-0.25, -0.2) is 0 Å². The fourth-order valence-corrected chi connectivity index (χ4v) is 3.92. The number of amides is 2. The maximum Gasteiger partial charge on any atom is 2.00 e. The molecule has 1 aliphatic rings. The molecule has 2 N–H and O–H groups in total. The van der Waals surface area contributed by atoms with E-state index in [2.05, 4.69) is 45.3 Å². The van der Waals surface area contributed by atoms with Crippen LogP contribution in [0.1, 0.15) is 51.2 Å². The van der Waals surface area contributed by atoms with Gasteiger partial charge in [0.15, 0.2) is 0 Å². The molecule has 1 aliphatic carbocycles. The first kappa shape index (κ1) is 28.8. The van der Waals surface area contributed by atoms with Gasteiger partial charge in [0.1, 0.15) is 0 Å². The predicted molar refractivity (Wildman–Crippen MR) is 125 cm³/mol. The van der Waals surface area contributed by atoms with Crippen molar-refractivity contribution in [1.82, 2.24) is 10.6 Å². The van der Waals surface area contributed by atoms with Crippen LogP contribution in [0.3, 0.4) is 0 Å². The van der Waals surface area contributed by atoms with Crippen LogP contribution in [0.2, 0.25) is 0 Å². The Bertz CT molecular complexity index is 663. The Balaban J connectivity index is 0.000000495. The van der Waals surface area contributed by atoms with E-state index in [1.165, 1.54) is 0 Å². The summed E-state index contributed by atoms with van der Waals surface area (Å²) >= 11 is 0. The van der Waals surface area contributed by atoms with Crippen LogP contribution < -0.4 is 10.6 Å². The van der Waals surface area contributed by atoms with E-state index in [1.54, 1.807) is 0 Å². The molecule has 2 atom stereocenters. The molecule has 3 rings (SSSR count). The van der Waals surface area contributed by atoms with Crippen molar-refractivity contribution in [2.75, 3.05) is 0 Å². The molecule has 31 heavy (non-hydrogen) atoms. The number of carbonyl (C=O) groups is 2. The Hall–Kier alpha value is -2.17. The van der Waals surface area contributed by atoms with Crippen LogP contribution in [0.15, 0.2) is 60.7 Å². The van der Waals surface area contributed by atoms with Gasteiger partial charge in [-0.1, -0.05) is 32.9 Å². The second-order valence-electron chi connectivity index (χ2n) is 8.40. The van der Waals surface area contributed by atoms with Gasteiger partial charge < -0.3 is 10.6 Å². The molecule has 0 aliphatic heterocycles. The Morgan fingerprint density at radius 3 is 1.42 bits per heavy atom. The Kier molecular flexibility index (Phi) is 14.5. The zero-order chi connectivity index (χ0) is 22.4. The molecular weight excluding hydrogens is 420 g/mol. The monoisotopic (exact) mass is 456 g/mol. The molecule has 1 saturated carbocycles. The van der Waals surface area contributed by atoms with Gasteiger partial charge in [0, 0.05) is 12.1 Å². The van der Waals surface area contributed by atoms with Gasteiger partial charge in [0.25, 0.3) is 0 Å². The SMILES string of the molecule is CCC1C(NC=O)CC(C)(C)CC1NC=O.[CH2-]c1ccccc1.[CH2-]c1ccccc1.[Ti+2]. The topological polar surface area (TPSA) is 58.2 Å². The summed E-state index contributed by atoms with van der Waals surface area (Å²) in [6.07, 6.45) is 4.45. The van der Waals surface area contributed by atoms with E-state index in [0.29, 0.717) is 5.92 Å². The molecule has 0 radical (unpaired) electrons. The van der Waals surface area contributed by atoms with Crippen LogP contribution in [0.5, 0.6) is 0 Å². The summed E-state index contributed by atoms with van der Waals surface area (Å²) in [5, 5.41) is 5.79. The van der Waals surface area contributed by atoms with Crippen LogP contribution in [0.4, 0.5) is 0 Å². The predicted octanol–water partition coefficient (Wildman–Crippen LogP) is 4.80. The summed E-state index contributed by atoms with van der Waals surface area (Å²) in [6, 6.07) is 20.1. The summed E-state index contributed by atoms with van der Waals surface area (Å²) in [5.41, 5.74) is 2.30. The molecule has 0 bridgehead atoms. The number of benzene rings is 2. The first-order valence-corrected chi connectivity index (χ1v) is 10.5. The van der Waals surface area contributed by atoms with E-state index in [4.69, 9.17) is 0 Å². The van der Waals surface area contributed by atoms with E-state index >= 15 is 0 Å². The fraction of sp³-hybridized carbons (Fsp3) is 0.385. The molecule has 2 unspecified atom stereocenters. The number of rotatable bonds is 5. The van der Waals surface area contributed by atoms with Crippen LogP contribution in [0, 0.1) is 25.2 Å². The zero-order valence-electron chi connectivity index (χ0n) is 19.0. The van der Waals surface area contributed by atoms with Crippen molar-refractivity contribution in [2.24, 2.45) is 11.3 Å². The van der Waals surface area contributed by atoms with Gasteiger partial charge in [-0.15, -0.1) is 24.3 Å². The Morgan fingerprint density at radius 1 is 0.839 bits per heavy atom. The number of hydrogen-bond donors (Lipinski definition) is 2. The molecule has 166 valence electrons. The second-order valence-corrected chi connectivity index (χ2v) is 8.40. The summed E-state index contributed by atoms with van der Waals surface area (Å²) in [6.45, 7) is 13.9. The van der Waals surface area contributed by atoms with Crippen LogP contribution >= 0.6 is 0 Å². The Morgan fingerprint density at radius 2 is 1.19 bits per heavy atom. The molecular formula is C26H36N2O2Ti. The minimum Gasteiger partial charge on any atom is -0.356 e. The third kappa shape index (κ3) is 11.7. The third-order valence-electron chi connectivity index (χ3n) is 5.30. The smallest absolute Gasteiger partial charge is 0.356 e. The largest absolute Gasteiger partial charge is 2.00 e. The molecule has 1 fully saturated rings. The van der Waals surface area contributed by atoms with Crippen molar-refractivity contribution in [2.45, 2.75) is 52.1 Å². The third-order valence-corrected chi connectivity index (χ3v) is 5.30. The molecule has 0 aromatic heterocycles. The quantitative estimate of drug-likeness (QED) is 0.386. The molecule has 2 aromatic rings. The summed E-state index contributed by atoms with van der Waals surface area (Å²) < 4.78 is 0. The van der Waals surface area contributed by atoms with E-state index < -0.39 is 0 Å². The summed E-state index contributed by atoms with van der Waals surface area (Å²) in [5.74, 6) is 0.337. The summed E-state index contributed by atoms with van der Waals surface area (Å²) in [4.78, 5) is 21.2. The van der Waals surface area contributed by atoms with E-state index in [0.717, 1.165) is 43.2 Å². The first-order chi connectivity index (χ1) is 14.3. The van der Waals surface area contributed by atoms with Gasteiger partial charge in [-0.05, 0) is 30.6 Å². The molecule has 0 heterocycles. The fourth-order valence-electron chi connectivity index (χ4n) is 3.92. The van der Waals surface area contributed by atoms with Crippen molar-refractivity contribution in [1.29, 1.82) is 0 Å². The molecule has 4 nitrogen and oxygen atoms in total. The van der Waals surface area contributed by atoms with Crippen LogP contribution in [-0.4, -0.2) is 24.9 Å². The van der Waals surface area contributed by atoms with Crippen LogP contribution in [-0.2, 0) is 31.3 Å². The Labute approximate surface area is 203 Å². The maximum absolute atomic E-state index is 10.6. The standard InChI is InChI=1S/C12H22N2O2.2C7H7.Ti/c1-4-9-10(13-7-15)5-12(2,3)6-11(9)14-8-16;2*1-7-5-3-2-4-6-7;/h7-11H,4-6H2,1-3H3,(H,13,15)(H,14,16);2*2-6H,1H2;/q;2*-1;+2. The van der Waals surface area contributed by atoms with E-state index in [-0.39, 0.29) is 39.2 Å². The van der Waals surface area contributed by atoms with Gasteiger partial charge >= 0.3 is 21.7 Å². The second kappa shape index (κ2) is 15.6. The van der Waals surface area contributed by atoms with Crippen molar-refractivity contribution in [3.63, 3.8) is 0 Å². The number of nitrogens with one attached hydrogen (secondary N) is 2. The summed E-state index contributed by atoms with van der Waals surface area (Å²) in [7, 11) is 0. The van der Waals surface area contributed by atoms with Crippen LogP contribution in [0.25, 0.3) is 0 Å². The number of carbonyl (C=O) groups excluding carboxylic acids is 2. The van der Waals surface area contributed by atoms with Gasteiger partial charge in [0.05, 0.1) is 0 Å². The van der Waals surface area contributed by atoms with Crippen molar-refractivity contribution in [3.05, 3.63) is 85.6 Å². The molecule has 2 amide bonds. The van der Waals surface area contributed by atoms with Gasteiger partial charge in [-0.2, -0.15) is 49.2 Å². The van der Waals surface area contributed by atoms with Crippen molar-refractivity contribution >= 4 is 12.8 Å². The first-order valence-electron chi connectivity index (χ1n) is 10.5. The van der Waals surface area contributed by atoms with Gasteiger partial charge in [-0.3, -0.25) is 9.59 Å². The van der Waals surface area contributed by atoms with Crippen molar-refractivity contribution in [3.8, 4) is 0 Å². The van der Waals surface area contributed by atoms with E-state index in [1.807, 2.05) is 60.7 Å². The minimum atomic E-state index is 0. The zero-order valence-corrected chi connectivity index (χ0v) is 20.6. The maximum atomic E-state index is 10.6. The van der Waals surface area contributed by atoms with Crippen molar-refractivity contribution < 1.29 is 31.3 Å². The molecule has 0 spiro atoms. The molecule has 2 aromatic carbocycles. The minimum absolute atomic E-state index is 0. The average molecular weight is 456 g/mol.